The van der Waals surface area contributed by atoms with Crippen LogP contribution >= 0.6 is 0 Å². The van der Waals surface area contributed by atoms with E-state index in [1.165, 1.54) is 6.42 Å². The third-order valence-electron chi connectivity index (χ3n) is 6.27. The highest BCUT2D eigenvalue weighted by molar-refractivity contribution is 6.03. The third kappa shape index (κ3) is 5.66. The molecule has 1 aliphatic rings. The molecule has 1 saturated heterocycles. The van der Waals surface area contributed by atoms with Gasteiger partial charge >= 0.3 is 0 Å². The molecule has 0 aliphatic carbocycles. The number of rotatable bonds is 8. The number of nitrogens with one attached hydrogen (secondary N) is 2. The maximum absolute atomic E-state index is 13.5. The van der Waals surface area contributed by atoms with Crippen molar-refractivity contribution < 1.29 is 9.59 Å². The number of benzene rings is 3. The summed E-state index contributed by atoms with van der Waals surface area (Å²) in [4.78, 5) is 28.8. The van der Waals surface area contributed by atoms with E-state index in [2.05, 4.69) is 15.5 Å². The van der Waals surface area contributed by atoms with Crippen LogP contribution < -0.4 is 15.5 Å². The molecule has 34 heavy (non-hydrogen) atoms. The minimum atomic E-state index is -0.443. The fraction of sp³-hybridized carbons (Fsp3) is 0.310. The Bertz CT molecular complexity index is 1050. The molecule has 0 unspecified atom stereocenters. The first-order chi connectivity index (χ1) is 16.7. The molecule has 0 aromatic heterocycles. The van der Waals surface area contributed by atoms with E-state index in [4.69, 9.17) is 0 Å². The average molecular weight is 456 g/mol. The number of anilines is 2. The molecule has 2 amide bonds. The van der Waals surface area contributed by atoms with Crippen LogP contribution in [0.3, 0.4) is 0 Å². The zero-order valence-corrected chi connectivity index (χ0v) is 19.8. The van der Waals surface area contributed by atoms with E-state index in [0.29, 0.717) is 17.8 Å². The second-order valence-electron chi connectivity index (χ2n) is 8.78. The van der Waals surface area contributed by atoms with Gasteiger partial charge in [0.2, 0.25) is 5.91 Å². The van der Waals surface area contributed by atoms with Gasteiger partial charge in [0.05, 0.1) is 11.5 Å². The van der Waals surface area contributed by atoms with E-state index in [9.17, 15) is 9.59 Å². The zero-order chi connectivity index (χ0) is 23.8. The minimum Gasteiger partial charge on any atom is -0.371 e. The average Bonchev–Trinajstić information content (AvgIpc) is 2.89. The molecule has 0 atom stereocenters. The summed E-state index contributed by atoms with van der Waals surface area (Å²) in [5.74, 6) is -0.661. The fourth-order valence-electron chi connectivity index (χ4n) is 4.54. The van der Waals surface area contributed by atoms with Crippen molar-refractivity contribution >= 4 is 23.2 Å². The highest BCUT2D eigenvalue weighted by Crippen LogP contribution is 2.30. The number of amides is 2. The van der Waals surface area contributed by atoms with Gasteiger partial charge in [-0.3, -0.25) is 9.59 Å². The lowest BCUT2D eigenvalue weighted by Crippen LogP contribution is -2.33. The summed E-state index contributed by atoms with van der Waals surface area (Å²) in [7, 11) is 0. The van der Waals surface area contributed by atoms with E-state index in [1.807, 2.05) is 85.8 Å². The van der Waals surface area contributed by atoms with Crippen LogP contribution in [0.1, 0.15) is 60.0 Å². The van der Waals surface area contributed by atoms with Gasteiger partial charge in [0.15, 0.2) is 0 Å². The maximum atomic E-state index is 13.5. The van der Waals surface area contributed by atoms with Gasteiger partial charge in [0.25, 0.3) is 5.91 Å². The van der Waals surface area contributed by atoms with Gasteiger partial charge in [-0.05, 0) is 55.0 Å². The van der Waals surface area contributed by atoms with Crippen LogP contribution in [0.5, 0.6) is 0 Å². The number of hydrogen-bond donors (Lipinski definition) is 2. The number of carbonyl (C=O) groups is 2. The van der Waals surface area contributed by atoms with Crippen LogP contribution in [-0.2, 0) is 4.79 Å². The largest absolute Gasteiger partial charge is 0.371 e. The summed E-state index contributed by atoms with van der Waals surface area (Å²) < 4.78 is 0. The molecule has 1 fully saturated rings. The van der Waals surface area contributed by atoms with Crippen molar-refractivity contribution in [3.63, 3.8) is 0 Å². The maximum Gasteiger partial charge on any atom is 0.253 e. The molecule has 1 heterocycles. The highest BCUT2D eigenvalue weighted by Gasteiger charge is 2.24. The topological polar surface area (TPSA) is 61.4 Å². The number of hydrogen-bond acceptors (Lipinski definition) is 3. The van der Waals surface area contributed by atoms with Gasteiger partial charge < -0.3 is 15.5 Å². The van der Waals surface area contributed by atoms with Crippen molar-refractivity contribution in [1.82, 2.24) is 5.32 Å². The van der Waals surface area contributed by atoms with Gasteiger partial charge in [-0.25, -0.2) is 0 Å². The first kappa shape index (κ1) is 23.6. The Labute approximate surface area is 202 Å². The lowest BCUT2D eigenvalue weighted by atomic mass is 9.90. The summed E-state index contributed by atoms with van der Waals surface area (Å²) in [6.45, 7) is 4.56. The third-order valence-corrected chi connectivity index (χ3v) is 6.27. The van der Waals surface area contributed by atoms with Crippen molar-refractivity contribution in [2.45, 2.75) is 38.5 Å². The molecule has 4 rings (SSSR count). The van der Waals surface area contributed by atoms with E-state index in [0.717, 1.165) is 49.2 Å². The standard InChI is InChI=1S/C29H33N3O2/c1-2-18-30-28(33)25-21-24(16-17-26(25)32-19-10-5-11-20-32)31-29(34)27(22-12-6-3-7-13-22)23-14-8-4-9-15-23/h3-4,6-9,12-17,21,27H,2,5,10-11,18-20H2,1H3,(H,30,33)(H,31,34). The second kappa shape index (κ2) is 11.5. The van der Waals surface area contributed by atoms with E-state index in [1.54, 1.807) is 0 Å². The lowest BCUT2D eigenvalue weighted by Gasteiger charge is -2.30. The normalized spacial score (nSPS) is 13.5. The Kier molecular flexibility index (Phi) is 7.97. The van der Waals surface area contributed by atoms with Gasteiger partial charge in [0, 0.05) is 31.0 Å². The smallest absolute Gasteiger partial charge is 0.253 e. The van der Waals surface area contributed by atoms with Crippen molar-refractivity contribution in [2.24, 2.45) is 0 Å². The summed E-state index contributed by atoms with van der Waals surface area (Å²) in [6.07, 6.45) is 4.36. The number of piperidine rings is 1. The Morgan fingerprint density at radius 1 is 0.853 bits per heavy atom. The van der Waals surface area contributed by atoms with Gasteiger partial charge in [0.1, 0.15) is 0 Å². The molecule has 0 saturated carbocycles. The Morgan fingerprint density at radius 3 is 2.06 bits per heavy atom. The molecule has 0 radical (unpaired) electrons. The molecule has 0 spiro atoms. The quantitative estimate of drug-likeness (QED) is 0.466. The molecule has 0 bridgehead atoms. The van der Waals surface area contributed by atoms with E-state index in [-0.39, 0.29) is 11.8 Å². The summed E-state index contributed by atoms with van der Waals surface area (Å²) >= 11 is 0. The van der Waals surface area contributed by atoms with Crippen molar-refractivity contribution in [3.05, 3.63) is 95.6 Å². The molecular weight excluding hydrogens is 422 g/mol. The summed E-state index contributed by atoms with van der Waals surface area (Å²) in [6, 6.07) is 25.3. The predicted molar refractivity (Wildman–Crippen MR) is 138 cm³/mol. The molecule has 5 heteroatoms. The van der Waals surface area contributed by atoms with Crippen LogP contribution in [0.25, 0.3) is 0 Å². The van der Waals surface area contributed by atoms with E-state index < -0.39 is 5.92 Å². The first-order valence-corrected chi connectivity index (χ1v) is 12.3. The van der Waals surface area contributed by atoms with Crippen LogP contribution in [-0.4, -0.2) is 31.4 Å². The molecule has 176 valence electrons. The minimum absolute atomic E-state index is 0.0961. The lowest BCUT2D eigenvalue weighted by molar-refractivity contribution is -0.116. The Hall–Kier alpha value is -3.60. The second-order valence-corrected chi connectivity index (χ2v) is 8.78. The summed E-state index contributed by atoms with van der Waals surface area (Å²) in [5, 5.41) is 6.09. The highest BCUT2D eigenvalue weighted by atomic mass is 16.2. The molecule has 1 aliphatic heterocycles. The zero-order valence-electron chi connectivity index (χ0n) is 19.8. The molecule has 3 aromatic carbocycles. The van der Waals surface area contributed by atoms with Crippen molar-refractivity contribution in [3.8, 4) is 0 Å². The number of carbonyl (C=O) groups excluding carboxylic acids is 2. The summed E-state index contributed by atoms with van der Waals surface area (Å²) in [5.41, 5.74) is 4.04. The monoisotopic (exact) mass is 455 g/mol. The predicted octanol–water partition coefficient (Wildman–Crippen LogP) is 5.59. The van der Waals surface area contributed by atoms with Crippen LogP contribution in [0.2, 0.25) is 0 Å². The van der Waals surface area contributed by atoms with Gasteiger partial charge in [-0.2, -0.15) is 0 Å². The van der Waals surface area contributed by atoms with Gasteiger partial charge in [-0.1, -0.05) is 67.6 Å². The molecule has 3 aromatic rings. The molecule has 5 nitrogen and oxygen atoms in total. The van der Waals surface area contributed by atoms with Gasteiger partial charge in [-0.15, -0.1) is 0 Å². The van der Waals surface area contributed by atoms with Crippen molar-refractivity contribution in [2.75, 3.05) is 29.9 Å². The van der Waals surface area contributed by atoms with Crippen LogP contribution in [0, 0.1) is 0 Å². The number of nitrogens with zero attached hydrogens (tertiary/aromatic N) is 1. The fourth-order valence-corrected chi connectivity index (χ4v) is 4.54. The Balaban J connectivity index is 1.63. The van der Waals surface area contributed by atoms with Crippen LogP contribution in [0.15, 0.2) is 78.9 Å². The molecular formula is C29H33N3O2. The van der Waals surface area contributed by atoms with Crippen LogP contribution in [0.4, 0.5) is 11.4 Å². The molecule has 2 N–H and O–H groups in total. The van der Waals surface area contributed by atoms with E-state index >= 15 is 0 Å². The van der Waals surface area contributed by atoms with Crippen molar-refractivity contribution in [1.29, 1.82) is 0 Å². The first-order valence-electron chi connectivity index (χ1n) is 12.3. The Morgan fingerprint density at radius 2 is 1.47 bits per heavy atom. The SMILES string of the molecule is CCCNC(=O)c1cc(NC(=O)C(c2ccccc2)c2ccccc2)ccc1N1CCCCC1.